The molecule has 7 nitrogen and oxygen atoms in total. The highest BCUT2D eigenvalue weighted by atomic mass is 35.5. The second-order valence-corrected chi connectivity index (χ2v) is 12.9. The van der Waals surface area contributed by atoms with Crippen molar-refractivity contribution in [3.63, 3.8) is 0 Å². The van der Waals surface area contributed by atoms with Crippen molar-refractivity contribution in [1.29, 1.82) is 0 Å². The largest absolute Gasteiger partial charge is 0.350 e. The lowest BCUT2D eigenvalue weighted by Gasteiger charge is -2.35. The van der Waals surface area contributed by atoms with Crippen molar-refractivity contribution in [3.8, 4) is 0 Å². The molecule has 0 fully saturated rings. The standard InChI is InChI=1S/C29H32Cl2FN3O4S/c1-5-26(28(37)33-29(2,3)4)34(18-23-24(30)12-9-13-25(23)31)27(36)19-35(21-16-14-20(32)15-17-21)40(38,39)22-10-7-6-8-11-22/h6-17,26H,5,18-19H2,1-4H3,(H,33,37)/t26-/m0/s1. The summed E-state index contributed by atoms with van der Waals surface area (Å²) in [7, 11) is -4.26. The van der Waals surface area contributed by atoms with Crippen molar-refractivity contribution in [2.45, 2.75) is 57.1 Å². The zero-order valence-electron chi connectivity index (χ0n) is 22.7. The molecule has 0 aliphatic rings. The molecular formula is C29H32Cl2FN3O4S. The Bertz CT molecular complexity index is 1430. The number of amides is 2. The number of nitrogens with one attached hydrogen (secondary N) is 1. The predicted molar refractivity (Wildman–Crippen MR) is 156 cm³/mol. The molecule has 0 bridgehead atoms. The highest BCUT2D eigenvalue weighted by Gasteiger charge is 2.35. The molecule has 3 aromatic rings. The fourth-order valence-corrected chi connectivity index (χ4v) is 6.03. The van der Waals surface area contributed by atoms with Gasteiger partial charge in [-0.3, -0.25) is 13.9 Å². The molecule has 0 spiro atoms. The van der Waals surface area contributed by atoms with Crippen molar-refractivity contribution < 1.29 is 22.4 Å². The third kappa shape index (κ3) is 7.74. The topological polar surface area (TPSA) is 86.8 Å². The fraction of sp³-hybridized carbons (Fsp3) is 0.310. The van der Waals surface area contributed by atoms with Crippen LogP contribution in [0.3, 0.4) is 0 Å². The number of hydrogen-bond donors (Lipinski definition) is 1. The van der Waals surface area contributed by atoms with E-state index >= 15 is 0 Å². The van der Waals surface area contributed by atoms with Crippen molar-refractivity contribution in [2.24, 2.45) is 0 Å². The van der Waals surface area contributed by atoms with Crippen LogP contribution in [0, 0.1) is 5.82 Å². The molecule has 1 atom stereocenters. The Morgan fingerprint density at radius 3 is 2.02 bits per heavy atom. The first-order valence-electron chi connectivity index (χ1n) is 12.6. The van der Waals surface area contributed by atoms with Crippen molar-refractivity contribution in [1.82, 2.24) is 10.2 Å². The summed E-state index contributed by atoms with van der Waals surface area (Å²) < 4.78 is 42.1. The summed E-state index contributed by atoms with van der Waals surface area (Å²) in [5.74, 6) is -1.64. The van der Waals surface area contributed by atoms with Crippen molar-refractivity contribution in [3.05, 3.63) is 94.2 Å². The summed E-state index contributed by atoms with van der Waals surface area (Å²) in [5, 5.41) is 3.49. The second kappa shape index (κ2) is 13.0. The molecule has 11 heteroatoms. The van der Waals surface area contributed by atoms with Gasteiger partial charge in [-0.2, -0.15) is 0 Å². The number of carbonyl (C=O) groups is 2. The van der Waals surface area contributed by atoms with Gasteiger partial charge < -0.3 is 10.2 Å². The fourth-order valence-electron chi connectivity index (χ4n) is 4.08. The van der Waals surface area contributed by atoms with Gasteiger partial charge in [-0.15, -0.1) is 0 Å². The minimum Gasteiger partial charge on any atom is -0.350 e. The maximum absolute atomic E-state index is 14.0. The smallest absolute Gasteiger partial charge is 0.264 e. The summed E-state index contributed by atoms with van der Waals surface area (Å²) in [6.07, 6.45) is 0.234. The first-order valence-corrected chi connectivity index (χ1v) is 14.8. The van der Waals surface area contributed by atoms with Gasteiger partial charge in [-0.05, 0) is 75.7 Å². The third-order valence-corrected chi connectivity index (χ3v) is 8.50. The number of hydrogen-bond acceptors (Lipinski definition) is 4. The Hall–Kier alpha value is -3.14. The van der Waals surface area contributed by atoms with E-state index in [2.05, 4.69) is 5.32 Å². The Labute approximate surface area is 244 Å². The van der Waals surface area contributed by atoms with Gasteiger partial charge in [0.05, 0.1) is 10.6 Å². The highest BCUT2D eigenvalue weighted by Crippen LogP contribution is 2.29. The van der Waals surface area contributed by atoms with Crippen LogP contribution in [0.2, 0.25) is 10.0 Å². The Morgan fingerprint density at radius 2 is 1.50 bits per heavy atom. The minimum absolute atomic E-state index is 0.0506. The number of rotatable bonds is 10. The van der Waals surface area contributed by atoms with E-state index in [-0.39, 0.29) is 23.5 Å². The quantitative estimate of drug-likeness (QED) is 0.304. The van der Waals surface area contributed by atoms with E-state index in [0.29, 0.717) is 15.6 Å². The number of nitrogens with zero attached hydrogens (tertiary/aromatic N) is 2. The monoisotopic (exact) mass is 607 g/mol. The molecule has 3 aromatic carbocycles. The van der Waals surface area contributed by atoms with E-state index in [1.165, 1.54) is 29.2 Å². The Morgan fingerprint density at radius 1 is 0.925 bits per heavy atom. The van der Waals surface area contributed by atoms with Gasteiger partial charge in [-0.1, -0.05) is 54.4 Å². The number of benzene rings is 3. The van der Waals surface area contributed by atoms with E-state index in [4.69, 9.17) is 23.2 Å². The second-order valence-electron chi connectivity index (χ2n) is 10.2. The summed E-state index contributed by atoms with van der Waals surface area (Å²) in [4.78, 5) is 28.6. The lowest BCUT2D eigenvalue weighted by Crippen LogP contribution is -2.55. The number of anilines is 1. The lowest BCUT2D eigenvalue weighted by molar-refractivity contribution is -0.141. The molecule has 0 heterocycles. The molecule has 0 saturated heterocycles. The number of halogens is 3. The summed E-state index contributed by atoms with van der Waals surface area (Å²) in [6, 6.07) is 16.3. The Balaban J connectivity index is 2.10. The van der Waals surface area contributed by atoms with Crippen LogP contribution in [0.15, 0.2) is 77.7 Å². The van der Waals surface area contributed by atoms with Crippen LogP contribution in [0.25, 0.3) is 0 Å². The van der Waals surface area contributed by atoms with E-state index in [0.717, 1.165) is 16.4 Å². The van der Waals surface area contributed by atoms with Crippen LogP contribution in [0.4, 0.5) is 10.1 Å². The molecule has 2 amide bonds. The summed E-state index contributed by atoms with van der Waals surface area (Å²) in [6.45, 7) is 6.40. The lowest BCUT2D eigenvalue weighted by atomic mass is 10.1. The van der Waals surface area contributed by atoms with E-state index in [9.17, 15) is 22.4 Å². The molecule has 0 radical (unpaired) electrons. The summed E-state index contributed by atoms with van der Waals surface area (Å²) in [5.41, 5.74) is -0.0834. The molecular weight excluding hydrogens is 576 g/mol. The van der Waals surface area contributed by atoms with Crippen molar-refractivity contribution >= 4 is 50.7 Å². The van der Waals surface area contributed by atoms with Crippen LogP contribution < -0.4 is 9.62 Å². The molecule has 1 N–H and O–H groups in total. The molecule has 0 saturated carbocycles. The van der Waals surface area contributed by atoms with E-state index < -0.39 is 45.8 Å². The maximum atomic E-state index is 14.0. The molecule has 214 valence electrons. The Kier molecular flexibility index (Phi) is 10.2. The van der Waals surface area contributed by atoms with E-state index in [1.807, 2.05) is 20.8 Å². The molecule has 0 unspecified atom stereocenters. The van der Waals surface area contributed by atoms with Gasteiger partial charge >= 0.3 is 0 Å². The van der Waals surface area contributed by atoms with Gasteiger partial charge in [0.1, 0.15) is 18.4 Å². The van der Waals surface area contributed by atoms with Crippen LogP contribution in [0.5, 0.6) is 0 Å². The maximum Gasteiger partial charge on any atom is 0.264 e. The SMILES string of the molecule is CC[C@@H](C(=O)NC(C)(C)C)N(Cc1c(Cl)cccc1Cl)C(=O)CN(c1ccc(F)cc1)S(=O)(=O)c1ccccc1. The zero-order valence-corrected chi connectivity index (χ0v) is 25.0. The molecule has 0 aliphatic carbocycles. The molecule has 0 aliphatic heterocycles. The highest BCUT2D eigenvalue weighted by molar-refractivity contribution is 7.92. The predicted octanol–water partition coefficient (Wildman–Crippen LogP) is 6.05. The van der Waals surface area contributed by atoms with Crippen LogP contribution in [0.1, 0.15) is 39.7 Å². The van der Waals surface area contributed by atoms with Crippen LogP contribution >= 0.6 is 23.2 Å². The summed E-state index contributed by atoms with van der Waals surface area (Å²) >= 11 is 12.8. The molecule has 40 heavy (non-hydrogen) atoms. The molecule has 3 rings (SSSR count). The van der Waals surface area contributed by atoms with Crippen LogP contribution in [-0.4, -0.2) is 43.3 Å². The van der Waals surface area contributed by atoms with Gasteiger partial charge in [0.2, 0.25) is 11.8 Å². The van der Waals surface area contributed by atoms with Crippen LogP contribution in [-0.2, 0) is 26.2 Å². The number of carbonyl (C=O) groups excluding carboxylic acids is 2. The zero-order chi connectivity index (χ0) is 29.7. The van der Waals surface area contributed by atoms with Gasteiger partial charge in [0.15, 0.2) is 0 Å². The van der Waals surface area contributed by atoms with Gasteiger partial charge in [-0.25, -0.2) is 12.8 Å². The molecule has 0 aromatic heterocycles. The van der Waals surface area contributed by atoms with E-state index in [1.54, 1.807) is 43.3 Å². The third-order valence-electron chi connectivity index (χ3n) is 6.00. The number of sulfonamides is 1. The first-order chi connectivity index (χ1) is 18.7. The average Bonchev–Trinajstić information content (AvgIpc) is 2.88. The van der Waals surface area contributed by atoms with Gasteiger partial charge in [0.25, 0.3) is 10.0 Å². The normalized spacial score (nSPS) is 12.5. The first kappa shape index (κ1) is 31.4. The average molecular weight is 609 g/mol. The van der Waals surface area contributed by atoms with Gasteiger partial charge in [0, 0.05) is 27.7 Å². The minimum atomic E-state index is -4.26. The van der Waals surface area contributed by atoms with Crippen molar-refractivity contribution in [2.75, 3.05) is 10.8 Å².